The van der Waals surface area contributed by atoms with Crippen molar-refractivity contribution < 1.29 is 17.6 Å². The Kier molecular flexibility index (Phi) is 4.94. The van der Waals surface area contributed by atoms with Gasteiger partial charge in [0.1, 0.15) is 11.7 Å². The molecule has 1 aliphatic rings. The summed E-state index contributed by atoms with van der Waals surface area (Å²) < 4.78 is 53.5. The Bertz CT molecular complexity index is 575. The van der Waals surface area contributed by atoms with Gasteiger partial charge in [-0.3, -0.25) is 0 Å². The maximum Gasteiger partial charge on any atom is 0.301 e. The third-order valence-electron chi connectivity index (χ3n) is 2.61. The molecule has 1 aromatic carbocycles. The van der Waals surface area contributed by atoms with Crippen LogP contribution in [0.1, 0.15) is 12.0 Å². The van der Waals surface area contributed by atoms with Crippen LogP contribution in [0.15, 0.2) is 40.6 Å². The highest BCUT2D eigenvalue weighted by molar-refractivity contribution is 8.14. The smallest absolute Gasteiger partial charge is 0.301 e. The zero-order valence-electron chi connectivity index (χ0n) is 10.4. The van der Waals surface area contributed by atoms with E-state index in [-0.39, 0.29) is 18.0 Å². The predicted octanol–water partition coefficient (Wildman–Crippen LogP) is 3.78. The Labute approximate surface area is 116 Å². The molecule has 0 fully saturated rings. The molecule has 1 unspecified atom stereocenters. The Morgan fingerprint density at radius 2 is 1.85 bits per heavy atom. The van der Waals surface area contributed by atoms with Crippen molar-refractivity contribution in [2.45, 2.75) is 12.8 Å². The quantitative estimate of drug-likeness (QED) is 0.650. The van der Waals surface area contributed by atoms with Crippen molar-refractivity contribution in [1.29, 1.82) is 0 Å². The first kappa shape index (κ1) is 14.8. The van der Waals surface area contributed by atoms with Crippen molar-refractivity contribution in [3.8, 4) is 0 Å². The number of hydrogen-bond acceptors (Lipinski definition) is 2. The number of amidine groups is 1. The largest absolute Gasteiger partial charge is 0.343 e. The number of rotatable bonds is 5. The predicted molar refractivity (Wildman–Crippen MR) is 74.2 cm³/mol. The maximum atomic E-state index is 12.8. The first-order valence-electron chi connectivity index (χ1n) is 5.86. The average molecular weight is 304 g/mol. The molecule has 0 saturated heterocycles. The summed E-state index contributed by atoms with van der Waals surface area (Å²) in [7, 11) is -0.602. The topological polar surface area (TPSA) is 24.4 Å². The molecule has 2 rings (SSSR count). The lowest BCUT2D eigenvalue weighted by Gasteiger charge is -2.01. The first-order chi connectivity index (χ1) is 9.54. The number of nitrogens with zero attached hydrogens (tertiary/aromatic N) is 1. The monoisotopic (exact) mass is 304 g/mol. The molecule has 1 N–H and O–H groups in total. The lowest BCUT2D eigenvalue weighted by atomic mass is 10.1. The summed E-state index contributed by atoms with van der Waals surface area (Å²) in [6, 6.07) is 6.02. The van der Waals surface area contributed by atoms with E-state index in [1.165, 1.54) is 12.1 Å². The Morgan fingerprint density at radius 3 is 2.50 bits per heavy atom. The second-order valence-corrected chi connectivity index (χ2v) is 5.75. The second-order valence-electron chi connectivity index (χ2n) is 4.12. The van der Waals surface area contributed by atoms with E-state index in [0.29, 0.717) is 12.3 Å². The van der Waals surface area contributed by atoms with Gasteiger partial charge in [0.15, 0.2) is 5.83 Å². The third kappa shape index (κ3) is 4.19. The molecule has 1 aliphatic heterocycles. The molecule has 0 bridgehead atoms. The molecule has 1 heterocycles. The molecule has 108 valence electrons. The fraction of sp³-hybridized carbons (Fsp3) is 0.231. The van der Waals surface area contributed by atoms with Crippen LogP contribution in [0.4, 0.5) is 17.6 Å². The van der Waals surface area contributed by atoms with Crippen molar-refractivity contribution >= 4 is 22.0 Å². The van der Waals surface area contributed by atoms with Gasteiger partial charge in [0.05, 0.1) is 0 Å². The van der Waals surface area contributed by atoms with E-state index in [1.807, 2.05) is 0 Å². The van der Waals surface area contributed by atoms with E-state index in [1.54, 1.807) is 17.6 Å². The van der Waals surface area contributed by atoms with Crippen LogP contribution in [0.3, 0.4) is 0 Å². The van der Waals surface area contributed by atoms with E-state index in [9.17, 15) is 17.6 Å². The minimum absolute atomic E-state index is 0.211. The zero-order valence-corrected chi connectivity index (χ0v) is 11.2. The van der Waals surface area contributed by atoms with Crippen molar-refractivity contribution in [2.24, 2.45) is 4.40 Å². The molecule has 7 heteroatoms. The van der Waals surface area contributed by atoms with Crippen molar-refractivity contribution in [3.05, 3.63) is 47.6 Å². The van der Waals surface area contributed by atoms with E-state index in [2.05, 4.69) is 9.71 Å². The molecule has 0 aromatic heterocycles. The Balaban J connectivity index is 1.89. The number of halogens is 4. The van der Waals surface area contributed by atoms with Crippen molar-refractivity contribution in [1.82, 2.24) is 5.32 Å². The normalized spacial score (nSPS) is 17.2. The Hall–Kier alpha value is -1.63. The van der Waals surface area contributed by atoms with Crippen LogP contribution >= 0.6 is 10.7 Å². The van der Waals surface area contributed by atoms with E-state index >= 15 is 0 Å². The fourth-order valence-electron chi connectivity index (χ4n) is 1.60. The van der Waals surface area contributed by atoms with Crippen LogP contribution in [0, 0.1) is 5.82 Å². The van der Waals surface area contributed by atoms with Gasteiger partial charge in [-0.25, -0.2) is 13.2 Å². The minimum atomic E-state index is -2.27. The second kappa shape index (κ2) is 6.69. The SMILES string of the molecule is FC(F)=C(F)CCS1=CNC(Cc2ccc(F)cc2)=N1. The molecule has 0 aliphatic carbocycles. The van der Waals surface area contributed by atoms with E-state index in [0.717, 1.165) is 5.56 Å². The van der Waals surface area contributed by atoms with Crippen LogP contribution in [-0.2, 0) is 6.42 Å². The lowest BCUT2D eigenvalue weighted by molar-refractivity contribution is 0.373. The van der Waals surface area contributed by atoms with E-state index in [4.69, 9.17) is 0 Å². The summed E-state index contributed by atoms with van der Waals surface area (Å²) in [5, 5.41) is 2.94. The summed E-state index contributed by atoms with van der Waals surface area (Å²) in [5.74, 6) is -0.807. The number of allylic oxidation sites excluding steroid dienone is 1. The van der Waals surface area contributed by atoms with Gasteiger partial charge >= 0.3 is 6.08 Å². The lowest BCUT2D eigenvalue weighted by Crippen LogP contribution is -2.19. The molecule has 2 nitrogen and oxygen atoms in total. The molecule has 0 spiro atoms. The molecule has 0 amide bonds. The highest BCUT2D eigenvalue weighted by Crippen LogP contribution is 2.23. The zero-order chi connectivity index (χ0) is 14.5. The molecule has 0 radical (unpaired) electrons. The fourth-order valence-corrected chi connectivity index (χ4v) is 2.93. The van der Waals surface area contributed by atoms with Crippen molar-refractivity contribution in [3.63, 3.8) is 0 Å². The number of benzene rings is 1. The van der Waals surface area contributed by atoms with Crippen LogP contribution in [0.25, 0.3) is 0 Å². The molecule has 0 saturated carbocycles. The summed E-state index contributed by atoms with van der Waals surface area (Å²) in [6.45, 7) is 0. The summed E-state index contributed by atoms with van der Waals surface area (Å²) in [4.78, 5) is 0. The third-order valence-corrected chi connectivity index (χ3v) is 4.08. The van der Waals surface area contributed by atoms with Gasteiger partial charge in [-0.15, -0.1) is 0 Å². The van der Waals surface area contributed by atoms with Gasteiger partial charge in [-0.2, -0.15) is 8.78 Å². The van der Waals surface area contributed by atoms with Gasteiger partial charge < -0.3 is 5.32 Å². The number of nitrogens with one attached hydrogen (secondary N) is 1. The number of hydrogen-bond donors (Lipinski definition) is 1. The minimum Gasteiger partial charge on any atom is -0.343 e. The molecule has 20 heavy (non-hydrogen) atoms. The van der Waals surface area contributed by atoms with Gasteiger partial charge in [0.25, 0.3) is 0 Å². The van der Waals surface area contributed by atoms with Gasteiger partial charge in [0, 0.05) is 24.1 Å². The first-order valence-corrected chi connectivity index (χ1v) is 7.27. The van der Waals surface area contributed by atoms with Crippen LogP contribution in [0.5, 0.6) is 0 Å². The standard InChI is InChI=1S/C13H12F4N2S/c14-10-3-1-9(2-4-10)7-12-18-8-20(19-12)6-5-11(15)13(16)17/h1-4,8H,5-7H2,(H,18,19). The highest BCUT2D eigenvalue weighted by atomic mass is 32.2. The molecular formula is C13H12F4N2S. The summed E-state index contributed by atoms with van der Waals surface area (Å²) in [6.07, 6.45) is -2.09. The molecule has 1 aromatic rings. The van der Waals surface area contributed by atoms with Gasteiger partial charge in [0.2, 0.25) is 0 Å². The summed E-state index contributed by atoms with van der Waals surface area (Å²) in [5.41, 5.74) is 2.56. The van der Waals surface area contributed by atoms with Crippen LogP contribution < -0.4 is 5.32 Å². The van der Waals surface area contributed by atoms with Crippen LogP contribution in [0.2, 0.25) is 0 Å². The highest BCUT2D eigenvalue weighted by Gasteiger charge is 2.11. The maximum absolute atomic E-state index is 12.8. The van der Waals surface area contributed by atoms with Crippen molar-refractivity contribution in [2.75, 3.05) is 5.75 Å². The summed E-state index contributed by atoms with van der Waals surface area (Å²) >= 11 is 0. The van der Waals surface area contributed by atoms with Gasteiger partial charge in [-0.05, 0) is 17.7 Å². The molecule has 1 atom stereocenters. The average Bonchev–Trinajstić information content (AvgIpc) is 2.86. The van der Waals surface area contributed by atoms with E-state index < -0.39 is 22.6 Å². The van der Waals surface area contributed by atoms with Gasteiger partial charge in [-0.1, -0.05) is 22.8 Å². The Morgan fingerprint density at radius 1 is 1.15 bits per heavy atom. The molecular weight excluding hydrogens is 292 g/mol. The van der Waals surface area contributed by atoms with Crippen LogP contribution in [-0.4, -0.2) is 17.1 Å².